The molecule has 0 aliphatic carbocycles. The Morgan fingerprint density at radius 1 is 0.935 bits per heavy atom. The predicted molar refractivity (Wildman–Crippen MR) is 166 cm³/mol. The fraction of sp³-hybridized carbons (Fsp3) is 0.448. The van der Waals surface area contributed by atoms with Crippen LogP contribution in [-0.4, -0.2) is 105 Å². The molecule has 3 rings (SSSR count). The first kappa shape index (κ1) is 35.5. The minimum atomic E-state index is -1.35. The van der Waals surface area contributed by atoms with Crippen LogP contribution in [0.2, 0.25) is 0 Å². The number of aliphatic hydroxyl groups is 1. The van der Waals surface area contributed by atoms with E-state index in [0.29, 0.717) is 23.3 Å². The first-order valence-corrected chi connectivity index (χ1v) is 14.5. The van der Waals surface area contributed by atoms with Crippen LogP contribution in [0.5, 0.6) is 5.75 Å². The summed E-state index contributed by atoms with van der Waals surface area (Å²) in [4.78, 5) is 66.5. The Bertz CT molecular complexity index is 1520. The van der Waals surface area contributed by atoms with Crippen LogP contribution in [0.3, 0.4) is 0 Å². The summed E-state index contributed by atoms with van der Waals surface area (Å²) >= 11 is 0. The number of nitrogens with one attached hydrogen (secondary N) is 7. The van der Waals surface area contributed by atoms with Gasteiger partial charge in [0.25, 0.3) is 0 Å². The topological polar surface area (TPSA) is 298 Å². The third kappa shape index (κ3) is 9.26. The number of aromatic nitrogens is 1. The van der Waals surface area contributed by atoms with Gasteiger partial charge in [-0.2, -0.15) is 0 Å². The van der Waals surface area contributed by atoms with Crippen LogP contribution in [0.4, 0.5) is 0 Å². The standard InChI is InChI=1S/C29H41N9O8/c1-12(35-27(43)20(37-28(44)22(30)14(3)39)9-16-6-7-33-23(16)24(31)32)25(41)34-13(2)26(42)38-21(29(45)46)10-17-8-15-4-5-18(40)11-19(15)36-17/h4-6,8,11-14,20-23,33,36,39-40H,7,9-10,30H2,1-3H3,(H3,31,32)(H,34,41)(H,35,43)(H,37,44)(H,38,42)(H,45,46). The normalized spacial score (nSPS) is 18.3. The summed E-state index contributed by atoms with van der Waals surface area (Å²) in [7, 11) is 0. The Morgan fingerprint density at radius 3 is 2.15 bits per heavy atom. The van der Waals surface area contributed by atoms with Crippen molar-refractivity contribution in [3.8, 4) is 5.75 Å². The lowest BCUT2D eigenvalue weighted by atomic mass is 9.98. The third-order valence-corrected chi connectivity index (χ3v) is 7.47. The number of aliphatic carboxylic acids is 1. The molecule has 14 N–H and O–H groups in total. The average Bonchev–Trinajstić information content (AvgIpc) is 3.61. The molecular weight excluding hydrogens is 602 g/mol. The van der Waals surface area contributed by atoms with Crippen LogP contribution in [0.25, 0.3) is 10.9 Å². The van der Waals surface area contributed by atoms with Crippen molar-refractivity contribution < 1.29 is 39.3 Å². The summed E-state index contributed by atoms with van der Waals surface area (Å²) in [5.74, 6) is -4.63. The number of rotatable bonds is 15. The summed E-state index contributed by atoms with van der Waals surface area (Å²) in [5, 5.41) is 50.3. The Morgan fingerprint density at radius 2 is 1.54 bits per heavy atom. The molecule has 1 aliphatic heterocycles. The molecule has 4 amide bonds. The summed E-state index contributed by atoms with van der Waals surface area (Å²) < 4.78 is 0. The zero-order chi connectivity index (χ0) is 34.3. The number of carboxylic acids is 1. The van der Waals surface area contributed by atoms with Crippen molar-refractivity contribution in [1.82, 2.24) is 31.6 Å². The number of aliphatic hydroxyl groups excluding tert-OH is 1. The van der Waals surface area contributed by atoms with Crippen LogP contribution in [-0.2, 0) is 30.4 Å². The second kappa shape index (κ2) is 15.3. The van der Waals surface area contributed by atoms with E-state index in [-0.39, 0.29) is 24.4 Å². The molecule has 0 fully saturated rings. The molecular formula is C29H41N9O8. The van der Waals surface area contributed by atoms with Gasteiger partial charge in [-0.1, -0.05) is 6.08 Å². The molecule has 0 radical (unpaired) electrons. The fourth-order valence-electron chi connectivity index (χ4n) is 4.78. The highest BCUT2D eigenvalue weighted by Gasteiger charge is 2.32. The number of hydrogen-bond donors (Lipinski definition) is 12. The van der Waals surface area contributed by atoms with Gasteiger partial charge in [0.15, 0.2) is 0 Å². The number of aromatic amines is 1. The van der Waals surface area contributed by atoms with Crippen molar-refractivity contribution in [3.05, 3.63) is 41.6 Å². The monoisotopic (exact) mass is 643 g/mol. The van der Waals surface area contributed by atoms with E-state index in [1.54, 1.807) is 18.2 Å². The lowest BCUT2D eigenvalue weighted by Crippen LogP contribution is -2.58. The van der Waals surface area contributed by atoms with E-state index in [4.69, 9.17) is 16.9 Å². The summed E-state index contributed by atoms with van der Waals surface area (Å²) in [6.07, 6.45) is 0.321. The molecule has 1 aromatic carbocycles. The van der Waals surface area contributed by atoms with Crippen molar-refractivity contribution in [1.29, 1.82) is 5.41 Å². The number of amidine groups is 1. The van der Waals surface area contributed by atoms with Gasteiger partial charge in [-0.05, 0) is 56.4 Å². The number of H-pyrrole nitrogens is 1. The van der Waals surface area contributed by atoms with Gasteiger partial charge in [0, 0.05) is 30.2 Å². The molecule has 0 saturated heterocycles. The van der Waals surface area contributed by atoms with Gasteiger partial charge < -0.3 is 58.4 Å². The second-order valence-corrected chi connectivity index (χ2v) is 11.2. The van der Waals surface area contributed by atoms with Gasteiger partial charge in [-0.25, -0.2) is 4.79 Å². The number of hydrogen-bond acceptors (Lipinski definition) is 10. The Hall–Kier alpha value is -5.00. The smallest absolute Gasteiger partial charge is 0.326 e. The number of nitrogens with two attached hydrogens (primary N) is 2. The molecule has 0 spiro atoms. The van der Waals surface area contributed by atoms with E-state index < -0.39 is 72.0 Å². The Balaban J connectivity index is 1.62. The molecule has 1 aliphatic rings. The number of phenolic OH excluding ortho intramolecular Hbond substituents is 1. The number of phenols is 1. The maximum absolute atomic E-state index is 13.2. The van der Waals surface area contributed by atoms with Gasteiger partial charge >= 0.3 is 5.97 Å². The molecule has 1 aromatic heterocycles. The van der Waals surface area contributed by atoms with Crippen LogP contribution < -0.4 is 38.1 Å². The summed E-state index contributed by atoms with van der Waals surface area (Å²) in [5.41, 5.74) is 13.0. The third-order valence-electron chi connectivity index (χ3n) is 7.47. The van der Waals surface area contributed by atoms with Crippen LogP contribution in [0.1, 0.15) is 32.9 Å². The highest BCUT2D eigenvalue weighted by molar-refractivity contribution is 5.95. The van der Waals surface area contributed by atoms with Crippen molar-refractivity contribution in [2.75, 3.05) is 6.54 Å². The number of carbonyl (C=O) groups is 5. The van der Waals surface area contributed by atoms with Gasteiger partial charge in [0.2, 0.25) is 23.6 Å². The average molecular weight is 644 g/mol. The molecule has 250 valence electrons. The lowest BCUT2D eigenvalue weighted by Gasteiger charge is -2.25. The Kier molecular flexibility index (Phi) is 11.8. The molecule has 46 heavy (non-hydrogen) atoms. The number of aromatic hydroxyl groups is 1. The highest BCUT2D eigenvalue weighted by atomic mass is 16.4. The van der Waals surface area contributed by atoms with Crippen molar-refractivity contribution in [2.45, 2.75) is 76.0 Å². The first-order chi connectivity index (χ1) is 21.6. The molecule has 0 bridgehead atoms. The number of carbonyl (C=O) groups excluding carboxylic acids is 4. The second-order valence-electron chi connectivity index (χ2n) is 11.2. The van der Waals surface area contributed by atoms with Crippen molar-refractivity contribution >= 4 is 46.3 Å². The van der Waals surface area contributed by atoms with Gasteiger partial charge in [0.1, 0.15) is 41.8 Å². The highest BCUT2D eigenvalue weighted by Crippen LogP contribution is 2.21. The maximum atomic E-state index is 13.2. The largest absolute Gasteiger partial charge is 0.508 e. The molecule has 2 heterocycles. The molecule has 7 unspecified atom stereocenters. The quantitative estimate of drug-likeness (QED) is 0.0543. The van der Waals surface area contributed by atoms with Crippen molar-refractivity contribution in [3.63, 3.8) is 0 Å². The van der Waals surface area contributed by atoms with E-state index in [1.807, 2.05) is 0 Å². The Labute approximate surface area is 264 Å². The zero-order valence-corrected chi connectivity index (χ0v) is 25.6. The van der Waals surface area contributed by atoms with E-state index in [2.05, 4.69) is 31.6 Å². The van der Waals surface area contributed by atoms with E-state index in [9.17, 15) is 39.3 Å². The molecule has 17 nitrogen and oxygen atoms in total. The van der Waals surface area contributed by atoms with E-state index in [0.717, 1.165) is 5.39 Å². The summed E-state index contributed by atoms with van der Waals surface area (Å²) in [6.45, 7) is 4.38. The molecule has 0 saturated carbocycles. The summed E-state index contributed by atoms with van der Waals surface area (Å²) in [6, 6.07) is -0.676. The first-order valence-electron chi connectivity index (χ1n) is 14.5. The van der Waals surface area contributed by atoms with E-state index >= 15 is 0 Å². The van der Waals surface area contributed by atoms with Crippen LogP contribution in [0, 0.1) is 5.41 Å². The lowest BCUT2D eigenvalue weighted by molar-refractivity contribution is -0.142. The zero-order valence-electron chi connectivity index (χ0n) is 25.6. The molecule has 17 heteroatoms. The van der Waals surface area contributed by atoms with Gasteiger partial charge in [-0.15, -0.1) is 0 Å². The SMILES string of the molecule is CC(NC(=O)C(C)NC(=O)C(CC1=CCNC1C(=N)N)NC(=O)C(N)C(C)O)C(=O)NC(Cc1cc2ccc(O)cc2[nH]1)C(=O)O. The van der Waals surface area contributed by atoms with Crippen LogP contribution in [0.15, 0.2) is 35.9 Å². The molecule has 7 atom stereocenters. The number of benzene rings is 1. The minimum absolute atomic E-state index is 0.0323. The van der Waals surface area contributed by atoms with Gasteiger partial charge in [-0.3, -0.25) is 24.6 Å². The number of carboxylic acid groups (broad SMARTS) is 1. The predicted octanol–water partition coefficient (Wildman–Crippen LogP) is -2.59. The van der Waals surface area contributed by atoms with Crippen molar-refractivity contribution in [2.24, 2.45) is 11.5 Å². The fourth-order valence-corrected chi connectivity index (χ4v) is 4.78. The minimum Gasteiger partial charge on any atom is -0.508 e. The van der Waals surface area contributed by atoms with Crippen LogP contribution >= 0.6 is 0 Å². The number of amides is 4. The number of fused-ring (bicyclic) bond motifs is 1. The van der Waals surface area contributed by atoms with E-state index in [1.165, 1.54) is 32.9 Å². The molecule has 2 aromatic rings. The maximum Gasteiger partial charge on any atom is 0.326 e. The van der Waals surface area contributed by atoms with Gasteiger partial charge in [0.05, 0.1) is 12.1 Å².